The zero-order valence-electron chi connectivity index (χ0n) is 11.3. The largest absolute Gasteiger partial charge is 0.330 e. The average molecular weight is 289 g/mol. The second kappa shape index (κ2) is 9.75. The van der Waals surface area contributed by atoms with Gasteiger partial charge < -0.3 is 10.6 Å². The molecule has 2 N–H and O–H groups in total. The first-order valence-corrected chi connectivity index (χ1v) is 6.37. The number of amides is 1. The Hall–Kier alpha value is -1.13. The van der Waals surface area contributed by atoms with Gasteiger partial charge in [-0.25, -0.2) is 4.39 Å². The summed E-state index contributed by atoms with van der Waals surface area (Å²) in [7, 11) is 1.72. The Labute approximate surface area is 120 Å². The van der Waals surface area contributed by atoms with Crippen LogP contribution < -0.4 is 10.6 Å². The third-order valence-electron chi connectivity index (χ3n) is 2.93. The number of anilines is 1. The molecule has 0 heterocycles. The minimum Gasteiger partial charge on any atom is -0.330 e. The van der Waals surface area contributed by atoms with Crippen LogP contribution in [0.3, 0.4) is 0 Å². The summed E-state index contributed by atoms with van der Waals surface area (Å²) in [5.74, 6) is -0.226. The van der Waals surface area contributed by atoms with Crippen molar-refractivity contribution in [3.63, 3.8) is 0 Å². The van der Waals surface area contributed by atoms with Crippen molar-refractivity contribution in [1.29, 1.82) is 0 Å². The molecular weight excluding hydrogens is 267 g/mol. The lowest BCUT2D eigenvalue weighted by atomic mass is 10.1. The van der Waals surface area contributed by atoms with Crippen molar-refractivity contribution in [2.75, 3.05) is 18.5 Å². The van der Waals surface area contributed by atoms with E-state index >= 15 is 0 Å². The second-order valence-corrected chi connectivity index (χ2v) is 4.38. The van der Waals surface area contributed by atoms with E-state index in [-0.39, 0.29) is 24.1 Å². The van der Waals surface area contributed by atoms with Crippen LogP contribution >= 0.6 is 12.4 Å². The number of rotatable bonds is 7. The van der Waals surface area contributed by atoms with Crippen LogP contribution in [-0.2, 0) is 4.79 Å². The molecule has 0 aliphatic heterocycles. The van der Waals surface area contributed by atoms with Crippen molar-refractivity contribution in [3.05, 3.63) is 30.1 Å². The quantitative estimate of drug-likeness (QED) is 0.784. The van der Waals surface area contributed by atoms with E-state index in [0.717, 1.165) is 31.4 Å². The summed E-state index contributed by atoms with van der Waals surface area (Å²) in [6.45, 7) is 0.712. The Morgan fingerprint density at radius 1 is 1.16 bits per heavy atom. The number of nitrogens with two attached hydrogens (primary N) is 1. The maximum atomic E-state index is 12.8. The molecule has 0 saturated heterocycles. The minimum atomic E-state index is -0.290. The van der Waals surface area contributed by atoms with Crippen LogP contribution in [0.5, 0.6) is 0 Å². The highest BCUT2D eigenvalue weighted by Crippen LogP contribution is 2.15. The van der Waals surface area contributed by atoms with Crippen molar-refractivity contribution in [2.45, 2.75) is 32.1 Å². The summed E-state index contributed by atoms with van der Waals surface area (Å²) in [6, 6.07) is 5.95. The SMILES string of the molecule is CN(C(=O)CCCCCCN)c1ccc(F)cc1.Cl. The molecule has 3 nitrogen and oxygen atoms in total. The van der Waals surface area contributed by atoms with Gasteiger partial charge in [0.1, 0.15) is 5.82 Å². The van der Waals surface area contributed by atoms with Crippen LogP contribution in [-0.4, -0.2) is 19.5 Å². The summed E-state index contributed by atoms with van der Waals surface area (Å²) in [5, 5.41) is 0. The van der Waals surface area contributed by atoms with Gasteiger partial charge in [0.2, 0.25) is 5.91 Å². The van der Waals surface area contributed by atoms with E-state index in [0.29, 0.717) is 13.0 Å². The van der Waals surface area contributed by atoms with E-state index in [4.69, 9.17) is 5.73 Å². The van der Waals surface area contributed by atoms with Crippen molar-refractivity contribution >= 4 is 24.0 Å². The van der Waals surface area contributed by atoms with Gasteiger partial charge in [0.05, 0.1) is 0 Å². The minimum absolute atomic E-state index is 0. The van der Waals surface area contributed by atoms with E-state index in [2.05, 4.69) is 0 Å². The number of hydrogen-bond donors (Lipinski definition) is 1. The fourth-order valence-electron chi connectivity index (χ4n) is 1.75. The maximum absolute atomic E-state index is 12.8. The van der Waals surface area contributed by atoms with Gasteiger partial charge in [0.15, 0.2) is 0 Å². The predicted molar refractivity (Wildman–Crippen MR) is 79.2 cm³/mol. The Bertz CT molecular complexity index is 370. The molecule has 0 aliphatic rings. The molecule has 0 saturated carbocycles. The predicted octanol–water partition coefficient (Wildman–Crippen LogP) is 3.12. The summed E-state index contributed by atoms with van der Waals surface area (Å²) in [6.07, 6.45) is 4.52. The normalized spacial score (nSPS) is 9.84. The molecule has 1 aromatic carbocycles. The molecule has 0 atom stereocenters. The number of unbranched alkanes of at least 4 members (excludes halogenated alkanes) is 3. The topological polar surface area (TPSA) is 46.3 Å². The zero-order chi connectivity index (χ0) is 13.4. The summed E-state index contributed by atoms with van der Waals surface area (Å²) in [4.78, 5) is 13.4. The lowest BCUT2D eigenvalue weighted by Crippen LogP contribution is -2.25. The van der Waals surface area contributed by atoms with Gasteiger partial charge in [-0.3, -0.25) is 4.79 Å². The van der Waals surface area contributed by atoms with Crippen LogP contribution in [0, 0.1) is 5.82 Å². The highest BCUT2D eigenvalue weighted by Gasteiger charge is 2.10. The highest BCUT2D eigenvalue weighted by molar-refractivity contribution is 5.92. The fourth-order valence-corrected chi connectivity index (χ4v) is 1.75. The number of hydrogen-bond acceptors (Lipinski definition) is 2. The van der Waals surface area contributed by atoms with Gasteiger partial charge in [-0.2, -0.15) is 0 Å². The van der Waals surface area contributed by atoms with Crippen LogP contribution in [0.15, 0.2) is 24.3 Å². The van der Waals surface area contributed by atoms with Crippen LogP contribution in [0.1, 0.15) is 32.1 Å². The van der Waals surface area contributed by atoms with Crippen LogP contribution in [0.25, 0.3) is 0 Å². The number of halogens is 2. The Morgan fingerprint density at radius 3 is 2.32 bits per heavy atom. The van der Waals surface area contributed by atoms with E-state index in [1.807, 2.05) is 0 Å². The number of carbonyl (C=O) groups is 1. The van der Waals surface area contributed by atoms with Crippen molar-refractivity contribution in [1.82, 2.24) is 0 Å². The number of carbonyl (C=O) groups excluding carboxylic acids is 1. The van der Waals surface area contributed by atoms with E-state index in [9.17, 15) is 9.18 Å². The number of nitrogens with zero attached hydrogens (tertiary/aromatic N) is 1. The van der Waals surface area contributed by atoms with Gasteiger partial charge in [-0.1, -0.05) is 12.8 Å². The molecule has 19 heavy (non-hydrogen) atoms. The smallest absolute Gasteiger partial charge is 0.226 e. The van der Waals surface area contributed by atoms with Crippen LogP contribution in [0.2, 0.25) is 0 Å². The monoisotopic (exact) mass is 288 g/mol. The van der Waals surface area contributed by atoms with E-state index in [1.54, 1.807) is 24.1 Å². The molecule has 0 aromatic heterocycles. The standard InChI is InChI=1S/C14H21FN2O.ClH/c1-17(13-9-7-12(15)8-10-13)14(18)6-4-2-3-5-11-16;/h7-10H,2-6,11,16H2,1H3;1H. The summed E-state index contributed by atoms with van der Waals surface area (Å²) >= 11 is 0. The van der Waals surface area contributed by atoms with Crippen molar-refractivity contribution in [3.8, 4) is 0 Å². The highest BCUT2D eigenvalue weighted by atomic mass is 35.5. The average Bonchev–Trinajstić information content (AvgIpc) is 2.38. The van der Waals surface area contributed by atoms with E-state index < -0.39 is 0 Å². The Balaban J connectivity index is 0.00000324. The van der Waals surface area contributed by atoms with Gasteiger partial charge in [0, 0.05) is 19.2 Å². The Morgan fingerprint density at radius 2 is 1.74 bits per heavy atom. The summed E-state index contributed by atoms with van der Waals surface area (Å²) < 4.78 is 12.8. The van der Waals surface area contributed by atoms with Gasteiger partial charge in [-0.05, 0) is 43.7 Å². The first-order chi connectivity index (χ1) is 8.65. The van der Waals surface area contributed by atoms with Crippen molar-refractivity contribution < 1.29 is 9.18 Å². The Kier molecular flexibility index (Phi) is 9.17. The third kappa shape index (κ3) is 6.55. The van der Waals surface area contributed by atoms with Crippen LogP contribution in [0.4, 0.5) is 10.1 Å². The van der Waals surface area contributed by atoms with Gasteiger partial charge in [-0.15, -0.1) is 12.4 Å². The molecule has 0 fully saturated rings. The molecule has 0 aliphatic carbocycles. The first-order valence-electron chi connectivity index (χ1n) is 6.37. The molecule has 0 unspecified atom stereocenters. The van der Waals surface area contributed by atoms with Gasteiger partial charge >= 0.3 is 0 Å². The molecule has 0 bridgehead atoms. The molecule has 1 aromatic rings. The first kappa shape index (κ1) is 17.9. The zero-order valence-corrected chi connectivity index (χ0v) is 12.1. The molecule has 0 spiro atoms. The second-order valence-electron chi connectivity index (χ2n) is 4.38. The number of benzene rings is 1. The fraction of sp³-hybridized carbons (Fsp3) is 0.500. The third-order valence-corrected chi connectivity index (χ3v) is 2.93. The molecule has 1 amide bonds. The van der Waals surface area contributed by atoms with Crippen molar-refractivity contribution in [2.24, 2.45) is 5.73 Å². The van der Waals surface area contributed by atoms with E-state index in [1.165, 1.54) is 12.1 Å². The summed E-state index contributed by atoms with van der Waals surface area (Å²) in [5.41, 5.74) is 6.13. The molecule has 108 valence electrons. The molecule has 1 rings (SSSR count). The molecule has 5 heteroatoms. The maximum Gasteiger partial charge on any atom is 0.226 e. The molecular formula is C14H22ClFN2O. The lowest BCUT2D eigenvalue weighted by Gasteiger charge is -2.17. The lowest BCUT2D eigenvalue weighted by molar-refractivity contribution is -0.118. The molecule has 0 radical (unpaired) electrons. The van der Waals surface area contributed by atoms with Gasteiger partial charge in [0.25, 0.3) is 0 Å².